The van der Waals surface area contributed by atoms with Crippen LogP contribution in [-0.2, 0) is 4.79 Å². The molecule has 0 radical (unpaired) electrons. The van der Waals surface area contributed by atoms with E-state index < -0.39 is 0 Å². The Labute approximate surface area is 153 Å². The first-order valence-corrected chi connectivity index (χ1v) is 9.37. The highest BCUT2D eigenvalue weighted by atomic mass is 32.2. The lowest BCUT2D eigenvalue weighted by Crippen LogP contribution is -2.29. The molecule has 0 aliphatic heterocycles. The van der Waals surface area contributed by atoms with Crippen LogP contribution in [0.25, 0.3) is 0 Å². The van der Waals surface area contributed by atoms with E-state index in [1.54, 1.807) is 0 Å². The number of rotatable bonds is 8. The maximum Gasteiger partial charge on any atom is 0.230 e. The summed E-state index contributed by atoms with van der Waals surface area (Å²) < 4.78 is 5.64. The molecule has 2 aromatic rings. The van der Waals surface area contributed by atoms with Crippen molar-refractivity contribution in [3.8, 4) is 5.75 Å². The van der Waals surface area contributed by atoms with Crippen LogP contribution in [0.5, 0.6) is 5.75 Å². The van der Waals surface area contributed by atoms with E-state index >= 15 is 0 Å². The summed E-state index contributed by atoms with van der Waals surface area (Å²) >= 11 is 1.34. The van der Waals surface area contributed by atoms with Crippen molar-refractivity contribution in [2.24, 2.45) is 0 Å². The number of hydrogen-bond acceptors (Lipinski definition) is 5. The first-order chi connectivity index (χ1) is 11.9. The van der Waals surface area contributed by atoms with Gasteiger partial charge in [-0.2, -0.15) is 0 Å². The molecule has 0 aliphatic rings. The van der Waals surface area contributed by atoms with Crippen molar-refractivity contribution in [1.29, 1.82) is 0 Å². The topological polar surface area (TPSA) is 64.1 Å². The molecule has 134 valence electrons. The van der Waals surface area contributed by atoms with Crippen molar-refractivity contribution in [1.82, 2.24) is 15.3 Å². The number of ether oxygens (including phenoxy) is 1. The second-order valence-electron chi connectivity index (χ2n) is 6.14. The quantitative estimate of drug-likeness (QED) is 0.444. The van der Waals surface area contributed by atoms with Gasteiger partial charge in [0.05, 0.1) is 12.3 Å². The Bertz CT molecular complexity index is 682. The summed E-state index contributed by atoms with van der Waals surface area (Å²) in [6.07, 6.45) is 0. The average molecular weight is 359 g/mol. The molecule has 0 aliphatic carbocycles. The number of nitrogens with zero attached hydrogens (tertiary/aromatic N) is 2. The monoisotopic (exact) mass is 359 g/mol. The summed E-state index contributed by atoms with van der Waals surface area (Å²) in [5, 5.41) is 3.48. The van der Waals surface area contributed by atoms with Crippen molar-refractivity contribution in [3.63, 3.8) is 0 Å². The predicted molar refractivity (Wildman–Crippen MR) is 101 cm³/mol. The summed E-state index contributed by atoms with van der Waals surface area (Å²) in [5.41, 5.74) is 3.10. The Morgan fingerprint density at radius 2 is 1.80 bits per heavy atom. The first kappa shape index (κ1) is 19.2. The zero-order valence-electron chi connectivity index (χ0n) is 15.2. The van der Waals surface area contributed by atoms with Crippen LogP contribution in [0.3, 0.4) is 0 Å². The van der Waals surface area contributed by atoms with Gasteiger partial charge in [0.2, 0.25) is 5.91 Å². The van der Waals surface area contributed by atoms with Crippen LogP contribution in [0.2, 0.25) is 0 Å². The zero-order chi connectivity index (χ0) is 18.2. The Kier molecular flexibility index (Phi) is 7.25. The summed E-state index contributed by atoms with van der Waals surface area (Å²) in [6.45, 7) is 9.07. The fraction of sp³-hybridized carbons (Fsp3) is 0.421. The molecule has 25 heavy (non-hydrogen) atoms. The van der Waals surface area contributed by atoms with E-state index in [0.29, 0.717) is 30.0 Å². The van der Waals surface area contributed by atoms with E-state index in [1.165, 1.54) is 17.3 Å². The van der Waals surface area contributed by atoms with E-state index in [0.717, 1.165) is 17.1 Å². The van der Waals surface area contributed by atoms with Crippen LogP contribution in [0.4, 0.5) is 0 Å². The van der Waals surface area contributed by atoms with Crippen LogP contribution in [-0.4, -0.2) is 34.8 Å². The number of amides is 1. The highest BCUT2D eigenvalue weighted by molar-refractivity contribution is 7.99. The number of aryl methyl sites for hydroxylation is 2. The Hall–Kier alpha value is -2.08. The molecule has 0 atom stereocenters. The van der Waals surface area contributed by atoms with Crippen LogP contribution >= 0.6 is 11.8 Å². The minimum atomic E-state index is -0.0495. The van der Waals surface area contributed by atoms with Gasteiger partial charge in [0.1, 0.15) is 12.4 Å². The third-order valence-electron chi connectivity index (χ3n) is 3.53. The molecule has 0 bridgehead atoms. The highest BCUT2D eigenvalue weighted by Gasteiger charge is 2.06. The number of thioether (sulfide) groups is 1. The van der Waals surface area contributed by atoms with E-state index in [2.05, 4.69) is 41.3 Å². The van der Waals surface area contributed by atoms with Gasteiger partial charge in [-0.05, 0) is 43.5 Å². The number of carbonyl (C=O) groups is 1. The van der Waals surface area contributed by atoms with Gasteiger partial charge in [-0.25, -0.2) is 9.97 Å². The van der Waals surface area contributed by atoms with Crippen molar-refractivity contribution < 1.29 is 9.53 Å². The molecule has 5 nitrogen and oxygen atoms in total. The number of benzene rings is 1. The molecule has 2 rings (SSSR count). The van der Waals surface area contributed by atoms with E-state index in [9.17, 15) is 4.79 Å². The molecule has 6 heteroatoms. The molecule has 0 spiro atoms. The van der Waals surface area contributed by atoms with E-state index in [-0.39, 0.29) is 5.91 Å². The number of nitrogens with one attached hydrogen (secondary N) is 1. The molecule has 1 aromatic heterocycles. The maximum absolute atomic E-state index is 11.9. The molecule has 1 N–H and O–H groups in total. The van der Waals surface area contributed by atoms with E-state index in [1.807, 2.05) is 32.0 Å². The molecular weight excluding hydrogens is 334 g/mol. The highest BCUT2D eigenvalue weighted by Crippen LogP contribution is 2.18. The molecule has 0 saturated heterocycles. The SMILES string of the molecule is Cc1cc(C)nc(SCC(=O)NCCOc2ccc(C(C)C)cc2)n1. The summed E-state index contributed by atoms with van der Waals surface area (Å²) in [5.74, 6) is 1.57. The van der Waals surface area contributed by atoms with Gasteiger partial charge in [0, 0.05) is 11.4 Å². The minimum Gasteiger partial charge on any atom is -0.492 e. The molecule has 1 heterocycles. The van der Waals surface area contributed by atoms with Crippen LogP contribution in [0.1, 0.15) is 36.7 Å². The molecule has 0 unspecified atom stereocenters. The summed E-state index contributed by atoms with van der Waals surface area (Å²) in [6, 6.07) is 9.97. The minimum absolute atomic E-state index is 0.0495. The van der Waals surface area contributed by atoms with Crippen molar-refractivity contribution in [2.75, 3.05) is 18.9 Å². The third-order valence-corrected chi connectivity index (χ3v) is 4.38. The van der Waals surface area contributed by atoms with Gasteiger partial charge in [0.25, 0.3) is 0 Å². The van der Waals surface area contributed by atoms with Gasteiger partial charge in [-0.1, -0.05) is 37.7 Å². The molecule has 0 fully saturated rings. The maximum atomic E-state index is 11.9. The molecule has 1 aromatic carbocycles. The second kappa shape index (κ2) is 9.42. The molecular formula is C19H25N3O2S. The largest absolute Gasteiger partial charge is 0.492 e. The van der Waals surface area contributed by atoms with Crippen LogP contribution in [0.15, 0.2) is 35.5 Å². The van der Waals surface area contributed by atoms with Gasteiger partial charge >= 0.3 is 0 Å². The van der Waals surface area contributed by atoms with Crippen molar-refractivity contribution in [2.45, 2.75) is 38.8 Å². The average Bonchev–Trinajstić information content (AvgIpc) is 2.56. The first-order valence-electron chi connectivity index (χ1n) is 8.38. The fourth-order valence-corrected chi connectivity index (χ4v) is 3.03. The number of carbonyl (C=O) groups excluding carboxylic acids is 1. The van der Waals surface area contributed by atoms with Gasteiger partial charge in [0.15, 0.2) is 5.16 Å². The van der Waals surface area contributed by atoms with E-state index in [4.69, 9.17) is 4.74 Å². The summed E-state index contributed by atoms with van der Waals surface area (Å²) in [4.78, 5) is 20.5. The number of hydrogen-bond donors (Lipinski definition) is 1. The van der Waals surface area contributed by atoms with Gasteiger partial charge in [-0.15, -0.1) is 0 Å². The lowest BCUT2D eigenvalue weighted by molar-refractivity contribution is -0.118. The standard InChI is InChI=1S/C19H25N3O2S/c1-13(2)16-5-7-17(8-6-16)24-10-9-20-18(23)12-25-19-21-14(3)11-15(4)22-19/h5-8,11,13H,9-10,12H2,1-4H3,(H,20,23). The Morgan fingerprint density at radius 3 is 2.40 bits per heavy atom. The molecule has 0 saturated carbocycles. The Morgan fingerprint density at radius 1 is 1.16 bits per heavy atom. The summed E-state index contributed by atoms with van der Waals surface area (Å²) in [7, 11) is 0. The zero-order valence-corrected chi connectivity index (χ0v) is 16.0. The third kappa shape index (κ3) is 6.74. The van der Waals surface area contributed by atoms with Crippen LogP contribution in [0, 0.1) is 13.8 Å². The van der Waals surface area contributed by atoms with Gasteiger partial charge in [-0.3, -0.25) is 4.79 Å². The smallest absolute Gasteiger partial charge is 0.230 e. The second-order valence-corrected chi connectivity index (χ2v) is 7.09. The predicted octanol–water partition coefficient (Wildman–Crippen LogP) is 3.50. The van der Waals surface area contributed by atoms with Gasteiger partial charge < -0.3 is 10.1 Å². The van der Waals surface area contributed by atoms with Crippen molar-refractivity contribution in [3.05, 3.63) is 47.3 Å². The van der Waals surface area contributed by atoms with Crippen LogP contribution < -0.4 is 10.1 Å². The lowest BCUT2D eigenvalue weighted by Gasteiger charge is -2.09. The lowest BCUT2D eigenvalue weighted by atomic mass is 10.0. The number of aromatic nitrogens is 2. The normalized spacial score (nSPS) is 10.8. The molecule has 1 amide bonds. The van der Waals surface area contributed by atoms with Crippen molar-refractivity contribution >= 4 is 17.7 Å². The fourth-order valence-electron chi connectivity index (χ4n) is 2.25. The Balaban J connectivity index is 1.66.